The van der Waals surface area contributed by atoms with Gasteiger partial charge in [0.2, 0.25) is 11.9 Å². The molecule has 2 rings (SSSR count). The van der Waals surface area contributed by atoms with Gasteiger partial charge < -0.3 is 15.4 Å². The number of ether oxygens (including phenoxy) is 1. The van der Waals surface area contributed by atoms with Gasteiger partial charge in [-0.25, -0.2) is 0 Å². The minimum atomic E-state index is 0.127. The second-order valence-electron chi connectivity index (χ2n) is 4.31. The Hall–Kier alpha value is -2.63. The zero-order valence-electron chi connectivity index (χ0n) is 11.7. The molecule has 1 heterocycles. The second kappa shape index (κ2) is 6.01. The predicted octanol–water partition coefficient (Wildman–Crippen LogP) is 2.35. The zero-order valence-corrected chi connectivity index (χ0v) is 11.7. The number of allylic oxidation sites excluding steroid dienone is 1. The average Bonchev–Trinajstić information content (AvgIpc) is 2.40. The molecule has 0 amide bonds. The summed E-state index contributed by atoms with van der Waals surface area (Å²) < 4.78 is 5.71. The third-order valence-corrected chi connectivity index (χ3v) is 2.49. The Morgan fingerprint density at radius 2 is 1.90 bits per heavy atom. The molecular formula is C14H17N5O. The largest absolute Gasteiger partial charge is 0.423 e. The Morgan fingerprint density at radius 1 is 1.15 bits per heavy atom. The Morgan fingerprint density at radius 3 is 2.60 bits per heavy atom. The monoisotopic (exact) mass is 271 g/mol. The maximum atomic E-state index is 5.71. The van der Waals surface area contributed by atoms with Crippen molar-refractivity contribution in [1.82, 2.24) is 15.0 Å². The Labute approximate surface area is 117 Å². The highest BCUT2D eigenvalue weighted by Crippen LogP contribution is 2.25. The molecule has 0 aliphatic heterocycles. The van der Waals surface area contributed by atoms with E-state index < -0.39 is 0 Å². The summed E-state index contributed by atoms with van der Waals surface area (Å²) >= 11 is 0. The van der Waals surface area contributed by atoms with Crippen LogP contribution in [0.4, 0.5) is 11.9 Å². The fourth-order valence-electron chi connectivity index (χ4n) is 1.60. The van der Waals surface area contributed by atoms with Crippen LogP contribution in [0.25, 0.3) is 6.08 Å². The minimum absolute atomic E-state index is 0.127. The average molecular weight is 271 g/mol. The quantitative estimate of drug-likeness (QED) is 0.919. The van der Waals surface area contributed by atoms with Crippen LogP contribution in [0, 0.1) is 0 Å². The van der Waals surface area contributed by atoms with E-state index in [0.29, 0.717) is 11.7 Å². The van der Waals surface area contributed by atoms with Gasteiger partial charge in [0.25, 0.3) is 0 Å². The van der Waals surface area contributed by atoms with Gasteiger partial charge in [0.05, 0.1) is 0 Å². The third-order valence-electron chi connectivity index (χ3n) is 2.49. The SMILES string of the molecule is C/C=C/c1ccccc1Oc1nc(N)nc(N(C)C)n1. The molecule has 0 bridgehead atoms. The molecule has 2 N–H and O–H groups in total. The van der Waals surface area contributed by atoms with Crippen LogP contribution in [-0.4, -0.2) is 29.0 Å². The van der Waals surface area contributed by atoms with E-state index in [9.17, 15) is 0 Å². The molecule has 0 aliphatic rings. The van der Waals surface area contributed by atoms with Gasteiger partial charge in [-0.1, -0.05) is 30.4 Å². The van der Waals surface area contributed by atoms with E-state index in [2.05, 4.69) is 15.0 Å². The van der Waals surface area contributed by atoms with Crippen molar-refractivity contribution in [3.05, 3.63) is 35.9 Å². The Kier molecular flexibility index (Phi) is 4.14. The molecule has 0 spiro atoms. The van der Waals surface area contributed by atoms with Crippen molar-refractivity contribution in [2.75, 3.05) is 24.7 Å². The van der Waals surface area contributed by atoms with Crippen molar-refractivity contribution in [1.29, 1.82) is 0 Å². The van der Waals surface area contributed by atoms with E-state index in [1.807, 2.05) is 57.4 Å². The number of hydrogen-bond donors (Lipinski definition) is 1. The number of benzene rings is 1. The normalized spacial score (nSPS) is 10.8. The van der Waals surface area contributed by atoms with Gasteiger partial charge in [-0.05, 0) is 13.0 Å². The molecule has 1 aromatic heterocycles. The van der Waals surface area contributed by atoms with E-state index in [4.69, 9.17) is 10.5 Å². The van der Waals surface area contributed by atoms with Crippen molar-refractivity contribution in [2.24, 2.45) is 0 Å². The number of nitrogen functional groups attached to an aromatic ring is 1. The standard InChI is InChI=1S/C14H17N5O/c1-4-7-10-8-5-6-9-11(10)20-14-17-12(15)16-13(18-14)19(2)3/h4-9H,1-3H3,(H2,15,16,17,18)/b7-4+. The minimum Gasteiger partial charge on any atom is -0.423 e. The number of anilines is 2. The molecule has 6 heteroatoms. The van der Waals surface area contributed by atoms with Crippen molar-refractivity contribution < 1.29 is 4.74 Å². The van der Waals surface area contributed by atoms with Gasteiger partial charge in [0, 0.05) is 19.7 Å². The summed E-state index contributed by atoms with van der Waals surface area (Å²) in [5.41, 5.74) is 6.61. The third kappa shape index (κ3) is 3.23. The number of hydrogen-bond acceptors (Lipinski definition) is 6. The van der Waals surface area contributed by atoms with Crippen LogP contribution in [0.5, 0.6) is 11.8 Å². The first-order valence-corrected chi connectivity index (χ1v) is 6.18. The Balaban J connectivity index is 2.35. The van der Waals surface area contributed by atoms with Gasteiger partial charge in [-0.3, -0.25) is 0 Å². The first-order chi connectivity index (χ1) is 9.60. The van der Waals surface area contributed by atoms with E-state index >= 15 is 0 Å². The highest BCUT2D eigenvalue weighted by molar-refractivity contribution is 5.57. The molecule has 0 radical (unpaired) electrons. The van der Waals surface area contributed by atoms with Crippen LogP contribution in [0.15, 0.2) is 30.3 Å². The highest BCUT2D eigenvalue weighted by atomic mass is 16.5. The summed E-state index contributed by atoms with van der Waals surface area (Å²) in [6, 6.07) is 7.81. The van der Waals surface area contributed by atoms with Gasteiger partial charge in [0.15, 0.2) is 0 Å². The number of nitrogens with zero attached hydrogens (tertiary/aromatic N) is 4. The summed E-state index contributed by atoms with van der Waals surface area (Å²) in [5.74, 6) is 1.25. The summed E-state index contributed by atoms with van der Waals surface area (Å²) in [6.07, 6.45) is 3.89. The molecule has 0 aliphatic carbocycles. The molecule has 0 saturated heterocycles. The number of nitrogens with two attached hydrogens (primary N) is 1. The first-order valence-electron chi connectivity index (χ1n) is 6.18. The Bertz CT molecular complexity index is 625. The second-order valence-corrected chi connectivity index (χ2v) is 4.31. The van der Waals surface area contributed by atoms with Crippen molar-refractivity contribution in [3.8, 4) is 11.8 Å². The molecule has 0 fully saturated rings. The maximum absolute atomic E-state index is 5.71. The van der Waals surface area contributed by atoms with Crippen LogP contribution < -0.4 is 15.4 Å². The van der Waals surface area contributed by atoms with Crippen molar-refractivity contribution in [3.63, 3.8) is 0 Å². The lowest BCUT2D eigenvalue weighted by molar-refractivity contribution is 0.440. The summed E-state index contributed by atoms with van der Waals surface area (Å²) in [7, 11) is 3.65. The summed E-state index contributed by atoms with van der Waals surface area (Å²) in [5, 5.41) is 0. The lowest BCUT2D eigenvalue weighted by Crippen LogP contribution is -2.15. The smallest absolute Gasteiger partial charge is 0.328 e. The molecule has 0 unspecified atom stereocenters. The summed E-state index contributed by atoms with van der Waals surface area (Å²) in [6.45, 7) is 1.95. The molecule has 104 valence electrons. The van der Waals surface area contributed by atoms with Crippen LogP contribution in [-0.2, 0) is 0 Å². The number of para-hydroxylation sites is 1. The molecule has 6 nitrogen and oxygen atoms in total. The lowest BCUT2D eigenvalue weighted by Gasteiger charge is -2.12. The topological polar surface area (TPSA) is 77.2 Å². The van der Waals surface area contributed by atoms with E-state index in [0.717, 1.165) is 5.56 Å². The van der Waals surface area contributed by atoms with Crippen LogP contribution in [0.3, 0.4) is 0 Å². The van der Waals surface area contributed by atoms with E-state index in [1.54, 1.807) is 4.90 Å². The van der Waals surface area contributed by atoms with Crippen molar-refractivity contribution in [2.45, 2.75) is 6.92 Å². The lowest BCUT2D eigenvalue weighted by atomic mass is 10.2. The zero-order chi connectivity index (χ0) is 14.5. The first kappa shape index (κ1) is 13.8. The fourth-order valence-corrected chi connectivity index (χ4v) is 1.60. The maximum Gasteiger partial charge on any atom is 0.328 e. The van der Waals surface area contributed by atoms with Crippen LogP contribution in [0.1, 0.15) is 12.5 Å². The van der Waals surface area contributed by atoms with Gasteiger partial charge in [-0.15, -0.1) is 0 Å². The molecule has 2 aromatic rings. The van der Waals surface area contributed by atoms with Gasteiger partial charge in [-0.2, -0.15) is 15.0 Å². The fraction of sp³-hybridized carbons (Fsp3) is 0.214. The van der Waals surface area contributed by atoms with E-state index in [-0.39, 0.29) is 12.0 Å². The van der Waals surface area contributed by atoms with E-state index in [1.165, 1.54) is 0 Å². The molecule has 20 heavy (non-hydrogen) atoms. The highest BCUT2D eigenvalue weighted by Gasteiger charge is 2.09. The molecule has 0 saturated carbocycles. The predicted molar refractivity (Wildman–Crippen MR) is 79.8 cm³/mol. The summed E-state index contributed by atoms with van der Waals surface area (Å²) in [4.78, 5) is 14.0. The van der Waals surface area contributed by atoms with Gasteiger partial charge in [0.1, 0.15) is 5.75 Å². The number of rotatable bonds is 4. The van der Waals surface area contributed by atoms with Gasteiger partial charge >= 0.3 is 6.01 Å². The number of aromatic nitrogens is 3. The van der Waals surface area contributed by atoms with Crippen LogP contribution >= 0.6 is 0 Å². The van der Waals surface area contributed by atoms with Crippen LogP contribution in [0.2, 0.25) is 0 Å². The molecule has 1 aromatic carbocycles. The van der Waals surface area contributed by atoms with Crippen molar-refractivity contribution >= 4 is 18.0 Å². The molecule has 0 atom stereocenters. The molecular weight excluding hydrogens is 254 g/mol.